The molecule has 1 aliphatic heterocycles. The van der Waals surface area contributed by atoms with Gasteiger partial charge in [-0.3, -0.25) is 14.7 Å². The predicted molar refractivity (Wildman–Crippen MR) is 86.1 cm³/mol. The third-order valence-corrected chi connectivity index (χ3v) is 4.08. The van der Waals surface area contributed by atoms with Crippen LogP contribution in [-0.2, 0) is 6.54 Å². The van der Waals surface area contributed by atoms with Crippen molar-refractivity contribution in [2.24, 2.45) is 0 Å². The van der Waals surface area contributed by atoms with Gasteiger partial charge in [-0.2, -0.15) is 0 Å². The van der Waals surface area contributed by atoms with Crippen LogP contribution in [0.3, 0.4) is 0 Å². The smallest absolute Gasteiger partial charge is 0.186 e. The molecule has 0 spiro atoms. The molecule has 1 aromatic heterocycles. The highest BCUT2D eigenvalue weighted by Crippen LogP contribution is 2.29. The Labute approximate surface area is 133 Å². The van der Waals surface area contributed by atoms with Gasteiger partial charge in [0, 0.05) is 16.8 Å². The molecule has 0 amide bonds. The first-order valence-corrected chi connectivity index (χ1v) is 7.36. The zero-order valence-electron chi connectivity index (χ0n) is 12.3. The van der Waals surface area contributed by atoms with Crippen LogP contribution in [0, 0.1) is 0 Å². The van der Waals surface area contributed by atoms with E-state index in [2.05, 4.69) is 15.5 Å². The SMILES string of the molecule is Nc1ccccc1C(=O)C1NCc2nncn2-c2ccccc21. The Hall–Kier alpha value is -2.99. The Balaban J connectivity index is 1.83. The van der Waals surface area contributed by atoms with Crippen molar-refractivity contribution in [3.63, 3.8) is 0 Å². The number of aromatic nitrogens is 3. The van der Waals surface area contributed by atoms with Crippen LogP contribution in [0.1, 0.15) is 27.8 Å². The number of nitrogen functional groups attached to an aromatic ring is 1. The van der Waals surface area contributed by atoms with Gasteiger partial charge in [0.25, 0.3) is 0 Å². The molecule has 0 aliphatic carbocycles. The van der Waals surface area contributed by atoms with Gasteiger partial charge in [-0.05, 0) is 18.2 Å². The van der Waals surface area contributed by atoms with Crippen molar-refractivity contribution in [3.05, 3.63) is 71.8 Å². The first kappa shape index (κ1) is 13.7. The normalized spacial score (nSPS) is 16.3. The lowest BCUT2D eigenvalue weighted by molar-refractivity contribution is 0.0943. The van der Waals surface area contributed by atoms with Crippen molar-refractivity contribution < 1.29 is 4.79 Å². The van der Waals surface area contributed by atoms with Gasteiger partial charge < -0.3 is 5.73 Å². The summed E-state index contributed by atoms with van der Waals surface area (Å²) in [5, 5.41) is 11.3. The number of carbonyl (C=O) groups is 1. The van der Waals surface area contributed by atoms with Crippen molar-refractivity contribution in [1.82, 2.24) is 20.1 Å². The molecule has 0 saturated heterocycles. The van der Waals surface area contributed by atoms with Crippen LogP contribution in [0.5, 0.6) is 0 Å². The lowest BCUT2D eigenvalue weighted by Gasteiger charge is -2.18. The van der Waals surface area contributed by atoms with E-state index in [1.165, 1.54) is 0 Å². The molecule has 3 N–H and O–H groups in total. The molecule has 0 saturated carbocycles. The fraction of sp³-hybridized carbons (Fsp3) is 0.118. The molecular formula is C17H15N5O. The van der Waals surface area contributed by atoms with E-state index in [0.717, 1.165) is 17.1 Å². The number of nitrogens with one attached hydrogen (secondary N) is 1. The van der Waals surface area contributed by atoms with E-state index in [1.807, 2.05) is 41.0 Å². The number of nitrogens with two attached hydrogens (primary N) is 1. The fourth-order valence-corrected chi connectivity index (χ4v) is 2.95. The molecule has 114 valence electrons. The molecule has 0 radical (unpaired) electrons. The van der Waals surface area contributed by atoms with Crippen LogP contribution in [0.2, 0.25) is 0 Å². The average Bonchev–Trinajstić information content (AvgIpc) is 2.98. The summed E-state index contributed by atoms with van der Waals surface area (Å²) >= 11 is 0. The van der Waals surface area contributed by atoms with Crippen LogP contribution >= 0.6 is 0 Å². The van der Waals surface area contributed by atoms with Crippen molar-refractivity contribution in [2.75, 3.05) is 5.73 Å². The third-order valence-electron chi connectivity index (χ3n) is 4.08. The molecule has 3 aromatic rings. The number of ketones is 1. The van der Waals surface area contributed by atoms with Crippen LogP contribution in [-0.4, -0.2) is 20.5 Å². The summed E-state index contributed by atoms with van der Waals surface area (Å²) in [7, 11) is 0. The average molecular weight is 305 g/mol. The molecule has 6 nitrogen and oxygen atoms in total. The summed E-state index contributed by atoms with van der Waals surface area (Å²) < 4.78 is 1.91. The van der Waals surface area contributed by atoms with Gasteiger partial charge >= 0.3 is 0 Å². The standard InChI is InChI=1S/C17H15N5O/c18-13-7-3-1-5-11(13)17(23)16-12-6-2-4-8-14(12)22-10-20-21-15(22)9-19-16/h1-8,10,16,19H,9,18H2. The monoisotopic (exact) mass is 305 g/mol. The minimum absolute atomic E-state index is 0.0470. The molecule has 2 aromatic carbocycles. The van der Waals surface area contributed by atoms with E-state index in [0.29, 0.717) is 17.8 Å². The first-order chi connectivity index (χ1) is 11.3. The number of benzene rings is 2. The largest absolute Gasteiger partial charge is 0.398 e. The lowest BCUT2D eigenvalue weighted by Crippen LogP contribution is -2.28. The number of hydrogen-bond acceptors (Lipinski definition) is 5. The van der Waals surface area contributed by atoms with Gasteiger partial charge in [0.1, 0.15) is 6.33 Å². The Morgan fingerprint density at radius 2 is 1.96 bits per heavy atom. The molecule has 23 heavy (non-hydrogen) atoms. The van der Waals surface area contributed by atoms with Crippen LogP contribution < -0.4 is 11.1 Å². The highest BCUT2D eigenvalue weighted by molar-refractivity contribution is 6.05. The van der Waals surface area contributed by atoms with Gasteiger partial charge in [-0.25, -0.2) is 0 Å². The molecular weight excluding hydrogens is 290 g/mol. The Bertz CT molecular complexity index is 886. The van der Waals surface area contributed by atoms with Crippen LogP contribution in [0.25, 0.3) is 5.69 Å². The van der Waals surface area contributed by atoms with Gasteiger partial charge in [0.15, 0.2) is 11.6 Å². The molecule has 0 fully saturated rings. The number of carbonyl (C=O) groups excluding carboxylic acids is 1. The number of fused-ring (bicyclic) bond motifs is 3. The second-order valence-corrected chi connectivity index (χ2v) is 5.44. The van der Waals surface area contributed by atoms with Crippen LogP contribution in [0.15, 0.2) is 54.9 Å². The zero-order chi connectivity index (χ0) is 15.8. The summed E-state index contributed by atoms with van der Waals surface area (Å²) in [6.07, 6.45) is 1.67. The number of nitrogens with zero attached hydrogens (tertiary/aromatic N) is 3. The van der Waals surface area contributed by atoms with Crippen LogP contribution in [0.4, 0.5) is 5.69 Å². The van der Waals surface area contributed by atoms with E-state index < -0.39 is 6.04 Å². The van der Waals surface area contributed by atoms with Crippen molar-refractivity contribution in [3.8, 4) is 5.69 Å². The van der Waals surface area contributed by atoms with Gasteiger partial charge in [0.05, 0.1) is 18.3 Å². The summed E-state index contributed by atoms with van der Waals surface area (Å²) in [6.45, 7) is 0.456. The van der Waals surface area contributed by atoms with Gasteiger partial charge in [-0.15, -0.1) is 10.2 Å². The second-order valence-electron chi connectivity index (χ2n) is 5.44. The van der Waals surface area contributed by atoms with Crippen molar-refractivity contribution in [2.45, 2.75) is 12.6 Å². The second kappa shape index (κ2) is 5.33. The van der Waals surface area contributed by atoms with E-state index in [1.54, 1.807) is 18.5 Å². The number of anilines is 1. The first-order valence-electron chi connectivity index (χ1n) is 7.36. The van der Waals surface area contributed by atoms with Crippen molar-refractivity contribution >= 4 is 11.5 Å². The number of para-hydroxylation sites is 2. The van der Waals surface area contributed by atoms with E-state index in [4.69, 9.17) is 5.73 Å². The van der Waals surface area contributed by atoms with Gasteiger partial charge in [-0.1, -0.05) is 30.3 Å². The van der Waals surface area contributed by atoms with E-state index >= 15 is 0 Å². The Kier molecular flexibility index (Phi) is 3.17. The maximum Gasteiger partial charge on any atom is 0.186 e. The molecule has 1 aliphatic rings. The van der Waals surface area contributed by atoms with Crippen molar-refractivity contribution in [1.29, 1.82) is 0 Å². The minimum atomic E-state index is -0.474. The maximum atomic E-state index is 13.0. The predicted octanol–water partition coefficient (Wildman–Crippen LogP) is 1.88. The zero-order valence-corrected chi connectivity index (χ0v) is 12.3. The quantitative estimate of drug-likeness (QED) is 0.557. The Morgan fingerprint density at radius 1 is 1.17 bits per heavy atom. The Morgan fingerprint density at radius 3 is 2.83 bits per heavy atom. The van der Waals surface area contributed by atoms with E-state index in [-0.39, 0.29) is 5.78 Å². The lowest BCUT2D eigenvalue weighted by atomic mass is 9.95. The summed E-state index contributed by atoms with van der Waals surface area (Å²) in [5.74, 6) is 0.725. The highest BCUT2D eigenvalue weighted by Gasteiger charge is 2.29. The highest BCUT2D eigenvalue weighted by atomic mass is 16.1. The maximum absolute atomic E-state index is 13.0. The topological polar surface area (TPSA) is 85.8 Å². The molecule has 0 bridgehead atoms. The third kappa shape index (κ3) is 2.20. The summed E-state index contributed by atoms with van der Waals surface area (Å²) in [6, 6.07) is 14.4. The molecule has 1 unspecified atom stereocenters. The van der Waals surface area contributed by atoms with Gasteiger partial charge in [0.2, 0.25) is 0 Å². The number of rotatable bonds is 2. The molecule has 4 rings (SSSR count). The molecule has 2 heterocycles. The minimum Gasteiger partial charge on any atom is -0.398 e. The summed E-state index contributed by atoms with van der Waals surface area (Å²) in [5.41, 5.74) is 8.78. The number of Topliss-reactive ketones (excluding diaryl/α,β-unsaturated/α-hetero) is 1. The summed E-state index contributed by atoms with van der Waals surface area (Å²) in [4.78, 5) is 13.0. The molecule has 6 heteroatoms. The molecule has 1 atom stereocenters. The van der Waals surface area contributed by atoms with E-state index in [9.17, 15) is 4.79 Å². The fourth-order valence-electron chi connectivity index (χ4n) is 2.95. The number of hydrogen-bond donors (Lipinski definition) is 2.